The Morgan fingerprint density at radius 2 is 0.690 bits per heavy atom. The molecule has 0 heterocycles. The van der Waals surface area contributed by atoms with E-state index in [1.165, 1.54) is 35.5 Å². The monoisotopic (exact) mass is 504 g/mol. The topological polar surface area (TPSA) is 164 Å². The highest BCUT2D eigenvalue weighted by atomic mass is 28.5. The van der Waals surface area contributed by atoms with Crippen molar-refractivity contribution in [2.45, 2.75) is 19.6 Å². The maximum atomic E-state index is 8.91. The summed E-state index contributed by atoms with van der Waals surface area (Å²) in [6.07, 6.45) is 0. The fourth-order valence-corrected chi connectivity index (χ4v) is 6.03. The molecule has 0 spiro atoms. The lowest BCUT2D eigenvalue weighted by atomic mass is 11.8. The molecular formula is C12H40O13Si4. The third kappa shape index (κ3) is 17.7. The van der Waals surface area contributed by atoms with Crippen molar-refractivity contribution in [3.05, 3.63) is 0 Å². The molecule has 4 N–H and O–H groups in total. The van der Waals surface area contributed by atoms with Crippen LogP contribution in [0.2, 0.25) is 19.6 Å². The first-order valence-corrected chi connectivity index (χ1v) is 16.3. The van der Waals surface area contributed by atoms with E-state index in [-0.39, 0.29) is 5.48 Å². The maximum Gasteiger partial charge on any atom is 0.676 e. The zero-order valence-electron chi connectivity index (χ0n) is 19.5. The van der Waals surface area contributed by atoms with Gasteiger partial charge in [0.05, 0.1) is 0 Å². The zero-order valence-corrected chi connectivity index (χ0v) is 23.5. The summed E-state index contributed by atoms with van der Waals surface area (Å²) in [5, 5.41) is 0. The van der Waals surface area contributed by atoms with Crippen LogP contribution in [0.25, 0.3) is 0 Å². The SMILES string of the molecule is CO[Si](C)(O)OC.CO[Si](C)(OC)O[Si](C)(OC)OC.CO[Si](O)(OC)OC.O. The molecule has 0 saturated heterocycles. The molecule has 0 unspecified atom stereocenters. The molecule has 0 aromatic carbocycles. The van der Waals surface area contributed by atoms with Crippen molar-refractivity contribution in [3.8, 4) is 0 Å². The van der Waals surface area contributed by atoms with Gasteiger partial charge in [-0.05, 0) is 0 Å². The van der Waals surface area contributed by atoms with Gasteiger partial charge in [0.2, 0.25) is 0 Å². The first-order chi connectivity index (χ1) is 12.8. The Morgan fingerprint density at radius 3 is 0.759 bits per heavy atom. The second kappa shape index (κ2) is 18.0. The fourth-order valence-electron chi connectivity index (χ4n) is 1.00. The maximum absolute atomic E-state index is 8.91. The van der Waals surface area contributed by atoms with Crippen molar-refractivity contribution in [1.82, 2.24) is 0 Å². The van der Waals surface area contributed by atoms with Crippen LogP contribution in [0, 0.1) is 0 Å². The molecule has 0 saturated carbocycles. The van der Waals surface area contributed by atoms with Crippen LogP contribution in [0.15, 0.2) is 0 Å². The predicted octanol–water partition coefficient (Wildman–Crippen LogP) is -0.905. The standard InChI is InChI=1S/C6H18O5Si2.C3H10O4Si.C3H10O3Si.H2O/c1-7-12(5,8-2)11-13(6,9-3)10-4;1-5-8(4,6-2)7-3;1-5-7(3,4)6-2;/h1-6H3;4H,1-3H3;4H,1-3H3;1H2. The van der Waals surface area contributed by atoms with Gasteiger partial charge in [-0.3, -0.25) is 0 Å². The van der Waals surface area contributed by atoms with Crippen molar-refractivity contribution < 1.29 is 59.0 Å². The Labute approximate surface area is 178 Å². The van der Waals surface area contributed by atoms with Gasteiger partial charge in [-0.1, -0.05) is 0 Å². The highest BCUT2D eigenvalue weighted by Gasteiger charge is 2.45. The van der Waals surface area contributed by atoms with Crippen molar-refractivity contribution in [2.75, 3.05) is 64.0 Å². The third-order valence-electron chi connectivity index (χ3n) is 3.39. The van der Waals surface area contributed by atoms with Gasteiger partial charge in [0.1, 0.15) is 0 Å². The van der Waals surface area contributed by atoms with Crippen LogP contribution >= 0.6 is 0 Å². The van der Waals surface area contributed by atoms with E-state index in [0.29, 0.717) is 0 Å². The fraction of sp³-hybridized carbons (Fsp3) is 1.00. The summed E-state index contributed by atoms with van der Waals surface area (Å²) in [6, 6.07) is 0. The van der Waals surface area contributed by atoms with Crippen molar-refractivity contribution in [2.24, 2.45) is 0 Å². The molecule has 0 aliphatic rings. The van der Waals surface area contributed by atoms with Gasteiger partial charge < -0.3 is 59.0 Å². The molecule has 0 aromatic rings. The Morgan fingerprint density at radius 1 is 0.448 bits per heavy atom. The van der Waals surface area contributed by atoms with Crippen molar-refractivity contribution in [3.63, 3.8) is 0 Å². The van der Waals surface area contributed by atoms with E-state index in [1.807, 2.05) is 0 Å². The van der Waals surface area contributed by atoms with E-state index >= 15 is 0 Å². The Bertz CT molecular complexity index is 335. The Hall–Kier alpha value is 0.348. The smallest absolute Gasteiger partial charge is 0.412 e. The van der Waals surface area contributed by atoms with Gasteiger partial charge in [-0.25, -0.2) is 0 Å². The molecule has 29 heavy (non-hydrogen) atoms. The zero-order chi connectivity index (χ0) is 23.1. The molecule has 0 atom stereocenters. The molecule has 0 aromatic heterocycles. The van der Waals surface area contributed by atoms with Crippen LogP contribution < -0.4 is 0 Å². The Balaban J connectivity index is -0.000000170. The van der Waals surface area contributed by atoms with Crippen LogP contribution in [-0.4, -0.2) is 115 Å². The van der Waals surface area contributed by atoms with Gasteiger partial charge in [-0.15, -0.1) is 0 Å². The van der Waals surface area contributed by atoms with E-state index in [1.54, 1.807) is 48.1 Å². The molecule has 0 aliphatic heterocycles. The van der Waals surface area contributed by atoms with E-state index in [0.717, 1.165) is 0 Å². The third-order valence-corrected chi connectivity index (χ3v) is 12.4. The second-order valence-corrected chi connectivity index (χ2v) is 15.9. The minimum Gasteiger partial charge on any atom is -0.412 e. The first-order valence-electron chi connectivity index (χ1n) is 7.87. The minimum absolute atomic E-state index is 0. The van der Waals surface area contributed by atoms with E-state index < -0.39 is 35.5 Å². The summed E-state index contributed by atoms with van der Waals surface area (Å²) in [6.45, 7) is 5.12. The van der Waals surface area contributed by atoms with Crippen LogP contribution in [0.1, 0.15) is 0 Å². The largest absolute Gasteiger partial charge is 0.676 e. The Kier molecular flexibility index (Phi) is 22.7. The van der Waals surface area contributed by atoms with Gasteiger partial charge in [0.25, 0.3) is 0 Å². The van der Waals surface area contributed by atoms with Crippen molar-refractivity contribution in [1.29, 1.82) is 0 Å². The summed E-state index contributed by atoms with van der Waals surface area (Å²) < 4.78 is 48.8. The molecular weight excluding hydrogens is 464 g/mol. The summed E-state index contributed by atoms with van der Waals surface area (Å²) >= 11 is 0. The minimum atomic E-state index is -3.17. The summed E-state index contributed by atoms with van der Waals surface area (Å²) in [5.41, 5.74) is 0. The highest BCUT2D eigenvalue weighted by Crippen LogP contribution is 2.16. The quantitative estimate of drug-likeness (QED) is 0.333. The molecule has 13 nitrogen and oxygen atoms in total. The summed E-state index contributed by atoms with van der Waals surface area (Å²) in [4.78, 5) is 17.7. The van der Waals surface area contributed by atoms with Crippen LogP contribution in [0.4, 0.5) is 0 Å². The van der Waals surface area contributed by atoms with E-state index in [4.69, 9.17) is 31.4 Å². The average molecular weight is 505 g/mol. The predicted molar refractivity (Wildman–Crippen MR) is 113 cm³/mol. The molecule has 0 aliphatic carbocycles. The van der Waals surface area contributed by atoms with Crippen LogP contribution in [0.3, 0.4) is 0 Å². The highest BCUT2D eigenvalue weighted by molar-refractivity contribution is 6.73. The lowest BCUT2D eigenvalue weighted by Gasteiger charge is -2.31. The first kappa shape index (κ1) is 36.7. The van der Waals surface area contributed by atoms with Gasteiger partial charge in [0.15, 0.2) is 0 Å². The van der Waals surface area contributed by atoms with Gasteiger partial charge in [0, 0.05) is 83.6 Å². The molecule has 0 bridgehead atoms. The second-order valence-electron chi connectivity index (χ2n) is 5.09. The molecule has 182 valence electrons. The van der Waals surface area contributed by atoms with Crippen LogP contribution in [0.5, 0.6) is 0 Å². The normalized spacial score (nSPS) is 12.2. The lowest BCUT2D eigenvalue weighted by molar-refractivity contribution is 0.0418. The molecule has 0 fully saturated rings. The molecule has 17 heteroatoms. The number of hydrogen-bond donors (Lipinski definition) is 2. The lowest BCUT2D eigenvalue weighted by Crippen LogP contribution is -2.53. The number of rotatable bonds is 11. The summed E-state index contributed by atoms with van der Waals surface area (Å²) in [7, 11) is 2.11. The number of hydrogen-bond acceptors (Lipinski definition) is 12. The molecule has 0 radical (unpaired) electrons. The van der Waals surface area contributed by atoms with Crippen molar-refractivity contribution >= 4 is 35.5 Å². The molecule has 0 amide bonds. The summed E-state index contributed by atoms with van der Waals surface area (Å²) in [5.74, 6) is 0. The molecule has 0 rings (SSSR count). The van der Waals surface area contributed by atoms with E-state index in [9.17, 15) is 0 Å². The van der Waals surface area contributed by atoms with Gasteiger partial charge in [-0.2, -0.15) is 0 Å². The van der Waals surface area contributed by atoms with Gasteiger partial charge >= 0.3 is 35.5 Å². The average Bonchev–Trinajstić information content (AvgIpc) is 2.73. The van der Waals surface area contributed by atoms with E-state index in [2.05, 4.69) is 22.1 Å². The van der Waals surface area contributed by atoms with Crippen LogP contribution in [-0.2, 0) is 43.9 Å².